The van der Waals surface area contributed by atoms with Crippen LogP contribution >= 0.6 is 11.3 Å². The van der Waals surface area contributed by atoms with Crippen LogP contribution in [0.2, 0.25) is 0 Å². The van der Waals surface area contributed by atoms with Gasteiger partial charge in [-0.2, -0.15) is 0 Å². The summed E-state index contributed by atoms with van der Waals surface area (Å²) in [6.07, 6.45) is 0.900. The van der Waals surface area contributed by atoms with Gasteiger partial charge in [-0.3, -0.25) is 4.99 Å². The number of hydrogen-bond donors (Lipinski definition) is 3. The van der Waals surface area contributed by atoms with E-state index in [-0.39, 0.29) is 0 Å². The molecule has 2 aromatic heterocycles. The zero-order chi connectivity index (χ0) is 16.1. The fraction of sp³-hybridized carbons (Fsp3) is 0.294. The van der Waals surface area contributed by atoms with Gasteiger partial charge in [0, 0.05) is 36.6 Å². The fourth-order valence-electron chi connectivity index (χ4n) is 2.46. The van der Waals surface area contributed by atoms with Crippen molar-refractivity contribution in [3.05, 3.63) is 52.1 Å². The maximum absolute atomic E-state index is 4.46. The number of nitrogens with one attached hydrogen (secondary N) is 3. The molecular formula is C17H21N5S. The van der Waals surface area contributed by atoms with E-state index in [0.717, 1.165) is 40.8 Å². The number of rotatable bonds is 5. The summed E-state index contributed by atoms with van der Waals surface area (Å²) < 4.78 is 0. The molecule has 0 bridgehead atoms. The molecule has 3 aromatic rings. The van der Waals surface area contributed by atoms with Crippen molar-refractivity contribution in [1.82, 2.24) is 20.6 Å². The van der Waals surface area contributed by atoms with Crippen molar-refractivity contribution in [3.63, 3.8) is 0 Å². The van der Waals surface area contributed by atoms with Crippen molar-refractivity contribution < 1.29 is 0 Å². The van der Waals surface area contributed by atoms with Gasteiger partial charge in [-0.15, -0.1) is 11.3 Å². The summed E-state index contributed by atoms with van der Waals surface area (Å²) in [6.45, 7) is 3.56. The van der Waals surface area contributed by atoms with Crippen LogP contribution in [0.1, 0.15) is 16.4 Å². The Balaban J connectivity index is 1.49. The van der Waals surface area contributed by atoms with Gasteiger partial charge < -0.3 is 15.6 Å². The van der Waals surface area contributed by atoms with Crippen molar-refractivity contribution in [1.29, 1.82) is 0 Å². The van der Waals surface area contributed by atoms with E-state index in [4.69, 9.17) is 0 Å². The van der Waals surface area contributed by atoms with Crippen molar-refractivity contribution in [2.24, 2.45) is 4.99 Å². The quantitative estimate of drug-likeness (QED) is 0.499. The van der Waals surface area contributed by atoms with Crippen molar-refractivity contribution in [3.8, 4) is 0 Å². The van der Waals surface area contributed by atoms with E-state index in [1.807, 2.05) is 19.1 Å². The highest BCUT2D eigenvalue weighted by Crippen LogP contribution is 2.14. The third kappa shape index (κ3) is 4.10. The highest BCUT2D eigenvalue weighted by atomic mass is 32.1. The van der Waals surface area contributed by atoms with E-state index in [9.17, 15) is 0 Å². The molecule has 0 spiro atoms. The summed E-state index contributed by atoms with van der Waals surface area (Å²) in [4.78, 5) is 12.1. The van der Waals surface area contributed by atoms with E-state index in [1.165, 1.54) is 5.39 Å². The number of aromatic nitrogens is 2. The Morgan fingerprint density at radius 2 is 2.17 bits per heavy atom. The van der Waals surface area contributed by atoms with E-state index >= 15 is 0 Å². The van der Waals surface area contributed by atoms with E-state index in [0.29, 0.717) is 6.54 Å². The molecule has 3 N–H and O–H groups in total. The third-order valence-electron chi connectivity index (χ3n) is 3.60. The Labute approximate surface area is 139 Å². The summed E-state index contributed by atoms with van der Waals surface area (Å²) in [6, 6.07) is 10.4. The summed E-state index contributed by atoms with van der Waals surface area (Å²) in [5.74, 6) is 0.801. The lowest BCUT2D eigenvalue weighted by Gasteiger charge is -2.10. The van der Waals surface area contributed by atoms with Crippen LogP contribution in [-0.4, -0.2) is 29.5 Å². The van der Waals surface area contributed by atoms with Crippen LogP contribution < -0.4 is 10.6 Å². The number of aromatic amines is 1. The van der Waals surface area contributed by atoms with E-state index in [2.05, 4.69) is 49.2 Å². The van der Waals surface area contributed by atoms with Crippen LogP contribution in [0, 0.1) is 6.92 Å². The second-order valence-electron chi connectivity index (χ2n) is 5.34. The first-order valence-corrected chi connectivity index (χ1v) is 8.55. The lowest BCUT2D eigenvalue weighted by atomic mass is 10.2. The average Bonchev–Trinajstić information content (AvgIpc) is 3.16. The molecule has 23 heavy (non-hydrogen) atoms. The summed E-state index contributed by atoms with van der Waals surface area (Å²) in [7, 11) is 1.79. The first kappa shape index (κ1) is 15.6. The predicted molar refractivity (Wildman–Crippen MR) is 97.1 cm³/mol. The van der Waals surface area contributed by atoms with Gasteiger partial charge in [-0.05, 0) is 24.4 Å². The van der Waals surface area contributed by atoms with Gasteiger partial charge in [0.05, 0.1) is 17.2 Å². The number of hydrogen-bond acceptors (Lipinski definition) is 3. The van der Waals surface area contributed by atoms with Crippen LogP contribution in [-0.2, 0) is 13.0 Å². The molecule has 0 aliphatic heterocycles. The van der Waals surface area contributed by atoms with Crippen LogP contribution in [0.5, 0.6) is 0 Å². The van der Waals surface area contributed by atoms with Crippen LogP contribution in [0.4, 0.5) is 0 Å². The molecule has 0 saturated carbocycles. The van der Waals surface area contributed by atoms with E-state index < -0.39 is 0 Å². The number of thiazole rings is 1. The average molecular weight is 327 g/mol. The maximum atomic E-state index is 4.46. The Kier molecular flexibility index (Phi) is 4.92. The normalized spacial score (nSPS) is 11.8. The summed E-state index contributed by atoms with van der Waals surface area (Å²) in [5.41, 5.74) is 3.43. The minimum Gasteiger partial charge on any atom is -0.357 e. The molecule has 5 nitrogen and oxygen atoms in total. The van der Waals surface area contributed by atoms with Gasteiger partial charge in [0.25, 0.3) is 0 Å². The van der Waals surface area contributed by atoms with Crippen molar-refractivity contribution in [2.75, 3.05) is 13.6 Å². The zero-order valence-electron chi connectivity index (χ0n) is 13.4. The standard InChI is InChI=1S/C17H21N5S/c1-12-21-14(11-23-12)7-8-19-17(18-2)20-10-15-9-13-5-3-4-6-16(13)22-15/h3-6,9,11,22H,7-8,10H2,1-2H3,(H2,18,19,20). The highest BCUT2D eigenvalue weighted by molar-refractivity contribution is 7.09. The van der Waals surface area contributed by atoms with Crippen LogP contribution in [0.25, 0.3) is 10.9 Å². The van der Waals surface area contributed by atoms with Crippen molar-refractivity contribution >= 4 is 28.2 Å². The second-order valence-corrected chi connectivity index (χ2v) is 6.40. The van der Waals surface area contributed by atoms with Crippen LogP contribution in [0.15, 0.2) is 40.7 Å². The number of H-pyrrole nitrogens is 1. The SMILES string of the molecule is CN=C(NCCc1csc(C)n1)NCc1cc2ccccc2[nH]1. The molecule has 1 aromatic carbocycles. The third-order valence-corrected chi connectivity index (χ3v) is 4.42. The lowest BCUT2D eigenvalue weighted by molar-refractivity contribution is 0.780. The molecule has 0 atom stereocenters. The molecule has 0 amide bonds. The number of aryl methyl sites for hydroxylation is 1. The molecule has 0 saturated heterocycles. The van der Waals surface area contributed by atoms with Crippen molar-refractivity contribution in [2.45, 2.75) is 19.9 Å². The maximum Gasteiger partial charge on any atom is 0.191 e. The molecule has 2 heterocycles. The van der Waals surface area contributed by atoms with E-state index in [1.54, 1.807) is 18.4 Å². The molecular weight excluding hydrogens is 306 g/mol. The molecule has 0 unspecified atom stereocenters. The molecule has 0 fully saturated rings. The first-order chi connectivity index (χ1) is 11.2. The monoisotopic (exact) mass is 327 g/mol. The fourth-order valence-corrected chi connectivity index (χ4v) is 3.11. The van der Waals surface area contributed by atoms with Gasteiger partial charge in [0.1, 0.15) is 0 Å². The summed E-state index contributed by atoms with van der Waals surface area (Å²) >= 11 is 1.69. The summed E-state index contributed by atoms with van der Waals surface area (Å²) in [5, 5.41) is 11.1. The molecule has 120 valence electrons. The number of para-hydroxylation sites is 1. The Bertz CT molecular complexity index is 769. The van der Waals surface area contributed by atoms with Crippen LogP contribution in [0.3, 0.4) is 0 Å². The largest absolute Gasteiger partial charge is 0.357 e. The van der Waals surface area contributed by atoms with Gasteiger partial charge in [0.2, 0.25) is 0 Å². The Hall–Kier alpha value is -2.34. The van der Waals surface area contributed by atoms with Gasteiger partial charge in [-0.25, -0.2) is 4.98 Å². The molecule has 0 aliphatic carbocycles. The van der Waals surface area contributed by atoms with Gasteiger partial charge in [0.15, 0.2) is 5.96 Å². The number of aliphatic imine (C=N–C) groups is 1. The molecule has 3 rings (SSSR count). The Morgan fingerprint density at radius 3 is 2.91 bits per heavy atom. The number of benzene rings is 1. The first-order valence-electron chi connectivity index (χ1n) is 7.67. The zero-order valence-corrected chi connectivity index (χ0v) is 14.2. The number of guanidine groups is 1. The smallest absolute Gasteiger partial charge is 0.191 e. The Morgan fingerprint density at radius 1 is 1.30 bits per heavy atom. The molecule has 0 aliphatic rings. The van der Waals surface area contributed by atoms with Gasteiger partial charge in [-0.1, -0.05) is 18.2 Å². The minimum atomic E-state index is 0.712. The predicted octanol–water partition coefficient (Wildman–Crippen LogP) is 2.84. The second kappa shape index (κ2) is 7.28. The highest BCUT2D eigenvalue weighted by Gasteiger charge is 2.03. The molecule has 6 heteroatoms. The van der Waals surface area contributed by atoms with Gasteiger partial charge >= 0.3 is 0 Å². The minimum absolute atomic E-state index is 0.712. The number of fused-ring (bicyclic) bond motifs is 1. The molecule has 0 radical (unpaired) electrons. The topological polar surface area (TPSA) is 65.1 Å². The number of nitrogens with zero attached hydrogens (tertiary/aromatic N) is 2. The lowest BCUT2D eigenvalue weighted by Crippen LogP contribution is -2.37.